The molecule has 0 N–H and O–H groups in total. The summed E-state index contributed by atoms with van der Waals surface area (Å²) in [5.41, 5.74) is 1.08. The summed E-state index contributed by atoms with van der Waals surface area (Å²) in [6.45, 7) is 10.3. The topological polar surface area (TPSA) is 12.5 Å². The van der Waals surface area contributed by atoms with Crippen LogP contribution in [0.5, 0.6) is 0 Å². The van der Waals surface area contributed by atoms with E-state index in [2.05, 4.69) is 67.9 Å². The number of hydrogen-bond acceptors (Lipinski definition) is 2. The quantitative estimate of drug-likeness (QED) is 0.226. The number of benzene rings is 1. The molecule has 0 amide bonds. The van der Waals surface area contributed by atoms with Crippen molar-refractivity contribution in [2.45, 2.75) is 83.8 Å². The second-order valence-corrected chi connectivity index (χ2v) is 7.74. The van der Waals surface area contributed by atoms with E-state index in [0.717, 1.165) is 19.5 Å². The molecule has 1 aromatic carbocycles. The fraction of sp³-hybridized carbons (Fsp3) is 0.600. The molecule has 0 bridgehead atoms. The van der Waals surface area contributed by atoms with Gasteiger partial charge in [0.05, 0.1) is 5.60 Å². The van der Waals surface area contributed by atoms with E-state index in [4.69, 9.17) is 4.74 Å². The predicted octanol–water partition coefficient (Wildman–Crippen LogP) is 7.12. The normalized spacial score (nSPS) is 13.6. The number of rotatable bonds is 16. The first kappa shape index (κ1) is 23.5. The molecule has 2 nitrogen and oxygen atoms in total. The van der Waals surface area contributed by atoms with Crippen molar-refractivity contribution in [3.63, 3.8) is 0 Å². The first-order valence-corrected chi connectivity index (χ1v) is 10.8. The molecule has 2 heteroatoms. The lowest BCUT2D eigenvalue weighted by molar-refractivity contribution is 0.0515. The summed E-state index contributed by atoms with van der Waals surface area (Å²) in [6, 6.07) is 10.7. The average molecular weight is 372 g/mol. The summed E-state index contributed by atoms with van der Waals surface area (Å²) in [7, 11) is 1.75. The summed E-state index contributed by atoms with van der Waals surface area (Å²) in [5.74, 6) is 0. The molecule has 0 saturated heterocycles. The molecule has 0 aromatic heterocycles. The number of ether oxygens (including phenoxy) is 1. The van der Waals surface area contributed by atoms with Crippen LogP contribution >= 0.6 is 0 Å². The van der Waals surface area contributed by atoms with Crippen LogP contribution in [0.25, 0.3) is 0 Å². The van der Waals surface area contributed by atoms with E-state index in [-0.39, 0.29) is 5.60 Å². The zero-order chi connectivity index (χ0) is 19.8. The van der Waals surface area contributed by atoms with Gasteiger partial charge in [0.25, 0.3) is 0 Å². The third kappa shape index (κ3) is 11.0. The van der Waals surface area contributed by atoms with Crippen LogP contribution in [0.3, 0.4) is 0 Å². The second-order valence-electron chi connectivity index (χ2n) is 7.74. The van der Waals surface area contributed by atoms with Gasteiger partial charge in [0.15, 0.2) is 0 Å². The summed E-state index contributed by atoms with van der Waals surface area (Å²) in [4.78, 5) is 2.44. The van der Waals surface area contributed by atoms with Crippen LogP contribution in [-0.2, 0) is 11.3 Å². The number of nitrogens with zero attached hydrogens (tertiary/aromatic N) is 1. The van der Waals surface area contributed by atoms with E-state index in [1.54, 1.807) is 7.11 Å². The highest BCUT2D eigenvalue weighted by molar-refractivity contribution is 5.15. The molecule has 0 saturated carbocycles. The van der Waals surface area contributed by atoms with Crippen LogP contribution in [0.1, 0.15) is 77.2 Å². The van der Waals surface area contributed by atoms with Crippen LogP contribution in [0.4, 0.5) is 0 Å². The minimum absolute atomic E-state index is 0.284. The molecule has 0 aliphatic heterocycles. The second kappa shape index (κ2) is 14.5. The first-order chi connectivity index (χ1) is 13.1. The van der Waals surface area contributed by atoms with Crippen molar-refractivity contribution in [1.82, 2.24) is 4.90 Å². The lowest BCUT2D eigenvalue weighted by Crippen LogP contribution is -2.23. The monoisotopic (exact) mass is 371 g/mol. The Hall–Kier alpha value is -1.54. The Balaban J connectivity index is 2.45. The summed E-state index contributed by atoms with van der Waals surface area (Å²) >= 11 is 0. The van der Waals surface area contributed by atoms with E-state index >= 15 is 0 Å². The fourth-order valence-corrected chi connectivity index (χ4v) is 3.16. The van der Waals surface area contributed by atoms with E-state index in [0.29, 0.717) is 0 Å². The van der Waals surface area contributed by atoms with Gasteiger partial charge in [0, 0.05) is 20.2 Å². The molecule has 152 valence electrons. The molecule has 0 spiro atoms. The van der Waals surface area contributed by atoms with Crippen molar-refractivity contribution in [3.8, 4) is 0 Å². The van der Waals surface area contributed by atoms with Gasteiger partial charge in [0.2, 0.25) is 0 Å². The van der Waals surface area contributed by atoms with Gasteiger partial charge in [-0.15, -0.1) is 6.58 Å². The third-order valence-electron chi connectivity index (χ3n) is 5.26. The minimum atomic E-state index is -0.284. The maximum atomic E-state index is 5.55. The third-order valence-corrected chi connectivity index (χ3v) is 5.26. The number of methoxy groups -OCH3 is 1. The highest BCUT2D eigenvalue weighted by Gasteiger charge is 2.16. The van der Waals surface area contributed by atoms with Crippen LogP contribution in [-0.4, -0.2) is 24.2 Å². The number of unbranched alkanes of at least 4 members (excludes halogenated alkanes) is 7. The van der Waals surface area contributed by atoms with Gasteiger partial charge >= 0.3 is 0 Å². The van der Waals surface area contributed by atoms with Crippen LogP contribution in [0.15, 0.2) is 55.3 Å². The lowest BCUT2D eigenvalue weighted by atomic mass is 10.0. The standard InChI is InChI=1S/C25H41NO/c1-5-7-8-9-10-11-12-16-21-26(23-24-18-14-13-15-19-24)22-17-20-25(3,6-2)27-4/h6,13-15,17-19,22H,2,5,7-12,16,20-21,23H2,1,3-4H3/b22-17+. The van der Waals surface area contributed by atoms with Crippen LogP contribution < -0.4 is 0 Å². The molecule has 0 heterocycles. The highest BCUT2D eigenvalue weighted by atomic mass is 16.5. The van der Waals surface area contributed by atoms with Gasteiger partial charge in [-0.1, -0.05) is 94.4 Å². The molecule has 1 atom stereocenters. The lowest BCUT2D eigenvalue weighted by Gasteiger charge is -2.24. The molecule has 1 rings (SSSR count). The minimum Gasteiger partial charge on any atom is -0.374 e. The Kier molecular flexibility index (Phi) is 12.6. The molecular weight excluding hydrogens is 330 g/mol. The van der Waals surface area contributed by atoms with E-state index in [1.165, 1.54) is 56.9 Å². The van der Waals surface area contributed by atoms with Crippen molar-refractivity contribution in [2.75, 3.05) is 13.7 Å². The highest BCUT2D eigenvalue weighted by Crippen LogP contribution is 2.17. The Bertz CT molecular complexity index is 510. The van der Waals surface area contributed by atoms with Crippen molar-refractivity contribution in [3.05, 3.63) is 60.8 Å². The predicted molar refractivity (Wildman–Crippen MR) is 119 cm³/mol. The van der Waals surface area contributed by atoms with Crippen LogP contribution in [0, 0.1) is 0 Å². The molecular formula is C25H41NO. The average Bonchev–Trinajstić information content (AvgIpc) is 2.70. The van der Waals surface area contributed by atoms with Gasteiger partial charge in [-0.25, -0.2) is 0 Å². The van der Waals surface area contributed by atoms with Crippen molar-refractivity contribution in [2.24, 2.45) is 0 Å². The fourth-order valence-electron chi connectivity index (χ4n) is 3.16. The molecule has 1 aromatic rings. The molecule has 0 radical (unpaired) electrons. The Morgan fingerprint density at radius 3 is 2.22 bits per heavy atom. The van der Waals surface area contributed by atoms with Crippen molar-refractivity contribution < 1.29 is 4.74 Å². The molecule has 0 aliphatic rings. The van der Waals surface area contributed by atoms with Crippen molar-refractivity contribution in [1.29, 1.82) is 0 Å². The zero-order valence-electron chi connectivity index (χ0n) is 18.0. The van der Waals surface area contributed by atoms with Gasteiger partial charge in [-0.2, -0.15) is 0 Å². The SMILES string of the molecule is C=CC(C)(C/C=C/N(CCCCCCCCCC)Cc1ccccc1)OC. The van der Waals surface area contributed by atoms with E-state index in [1.807, 2.05) is 6.08 Å². The molecule has 0 fully saturated rings. The smallest absolute Gasteiger partial charge is 0.0862 e. The molecule has 1 unspecified atom stereocenters. The van der Waals surface area contributed by atoms with Crippen molar-refractivity contribution >= 4 is 0 Å². The maximum absolute atomic E-state index is 5.55. The molecule has 27 heavy (non-hydrogen) atoms. The zero-order valence-corrected chi connectivity index (χ0v) is 18.0. The first-order valence-electron chi connectivity index (χ1n) is 10.8. The molecule has 0 aliphatic carbocycles. The van der Waals surface area contributed by atoms with E-state index in [9.17, 15) is 0 Å². The Labute approximate surface area is 168 Å². The number of hydrogen-bond donors (Lipinski definition) is 0. The summed E-state index contributed by atoms with van der Waals surface area (Å²) in [5, 5.41) is 0. The Morgan fingerprint density at radius 2 is 1.63 bits per heavy atom. The van der Waals surface area contributed by atoms with E-state index < -0.39 is 0 Å². The van der Waals surface area contributed by atoms with Gasteiger partial charge in [-0.3, -0.25) is 0 Å². The Morgan fingerprint density at radius 1 is 1.00 bits per heavy atom. The summed E-state index contributed by atoms with van der Waals surface area (Å²) < 4.78 is 5.55. The van der Waals surface area contributed by atoms with Crippen LogP contribution in [0.2, 0.25) is 0 Å². The summed E-state index contributed by atoms with van der Waals surface area (Å²) in [6.07, 6.45) is 18.1. The van der Waals surface area contributed by atoms with Gasteiger partial charge < -0.3 is 9.64 Å². The van der Waals surface area contributed by atoms with Gasteiger partial charge in [0.1, 0.15) is 0 Å². The largest absolute Gasteiger partial charge is 0.374 e. The van der Waals surface area contributed by atoms with Gasteiger partial charge in [-0.05, 0) is 31.5 Å². The maximum Gasteiger partial charge on any atom is 0.0862 e.